The Labute approximate surface area is 167 Å². The minimum atomic E-state index is -0.197. The molecule has 0 fully saturated rings. The molecule has 3 aromatic rings. The molecule has 8 heteroatoms. The van der Waals surface area contributed by atoms with Crippen LogP contribution in [0.2, 0.25) is 0 Å². The Bertz CT molecular complexity index is 1100. The van der Waals surface area contributed by atoms with Gasteiger partial charge in [-0.15, -0.1) is 0 Å². The van der Waals surface area contributed by atoms with Crippen LogP contribution >= 0.6 is 0 Å². The van der Waals surface area contributed by atoms with Crippen LogP contribution in [0, 0.1) is 0 Å². The molecule has 2 N–H and O–H groups in total. The Morgan fingerprint density at radius 3 is 2.90 bits per heavy atom. The van der Waals surface area contributed by atoms with E-state index in [1.165, 1.54) is 6.08 Å². The third kappa shape index (κ3) is 4.26. The number of hydrogen-bond acceptors (Lipinski definition) is 5. The molecule has 150 valence electrons. The molecule has 0 amide bonds. The summed E-state index contributed by atoms with van der Waals surface area (Å²) in [4.78, 5) is 16.0. The van der Waals surface area contributed by atoms with E-state index in [4.69, 9.17) is 4.74 Å². The average molecular weight is 395 g/mol. The van der Waals surface area contributed by atoms with E-state index in [0.29, 0.717) is 44.5 Å². The minimum absolute atomic E-state index is 0.106. The summed E-state index contributed by atoms with van der Waals surface area (Å²) >= 11 is 0. The Kier molecular flexibility index (Phi) is 5.50. The van der Waals surface area contributed by atoms with Crippen molar-refractivity contribution >= 4 is 22.4 Å². The molecule has 4 rings (SSSR count). The standard InChI is InChI=1S/C21H22FN5O2/c1-2-29-19(28)5-3-4-18-23-21(27-25-18)14-8-11-17-16(12-14)20(26-24-17)13-6-9-15(22)10-7-13/h6,8-9,11-12H,2-5,7,10H2,1H3,(H,24,26)(H,23,25,27). The maximum absolute atomic E-state index is 13.3. The predicted octanol–water partition coefficient (Wildman–Crippen LogP) is 4.26. The lowest BCUT2D eigenvalue weighted by Crippen LogP contribution is -2.04. The number of carbonyl (C=O) groups excluding carboxylic acids is 1. The fourth-order valence-corrected chi connectivity index (χ4v) is 3.38. The number of benzene rings is 1. The molecule has 0 radical (unpaired) electrons. The molecule has 29 heavy (non-hydrogen) atoms. The van der Waals surface area contributed by atoms with Crippen molar-refractivity contribution in [1.82, 2.24) is 25.4 Å². The number of esters is 1. The van der Waals surface area contributed by atoms with Gasteiger partial charge in [-0.2, -0.15) is 10.2 Å². The maximum atomic E-state index is 13.3. The van der Waals surface area contributed by atoms with E-state index >= 15 is 0 Å². The number of H-pyrrole nitrogens is 2. The van der Waals surface area contributed by atoms with Crippen LogP contribution in [-0.4, -0.2) is 38.0 Å². The van der Waals surface area contributed by atoms with Crippen molar-refractivity contribution < 1.29 is 13.9 Å². The number of carbonyl (C=O) groups is 1. The van der Waals surface area contributed by atoms with E-state index in [1.54, 1.807) is 13.0 Å². The Morgan fingerprint density at radius 1 is 1.21 bits per heavy atom. The van der Waals surface area contributed by atoms with Crippen LogP contribution < -0.4 is 0 Å². The van der Waals surface area contributed by atoms with Crippen LogP contribution in [0.4, 0.5) is 4.39 Å². The van der Waals surface area contributed by atoms with E-state index < -0.39 is 0 Å². The third-order valence-corrected chi connectivity index (χ3v) is 4.86. The van der Waals surface area contributed by atoms with Crippen molar-refractivity contribution in [2.24, 2.45) is 0 Å². The molecule has 1 aliphatic carbocycles. The van der Waals surface area contributed by atoms with Crippen molar-refractivity contribution in [3.05, 3.63) is 47.7 Å². The van der Waals surface area contributed by atoms with Crippen LogP contribution in [0.5, 0.6) is 0 Å². The molecule has 0 saturated carbocycles. The second-order valence-electron chi connectivity index (χ2n) is 6.90. The number of hydrogen-bond donors (Lipinski definition) is 2. The van der Waals surface area contributed by atoms with Gasteiger partial charge in [0.15, 0.2) is 5.82 Å². The summed E-state index contributed by atoms with van der Waals surface area (Å²) in [5, 5.41) is 15.7. The molecular weight excluding hydrogens is 373 g/mol. The zero-order valence-electron chi connectivity index (χ0n) is 16.2. The van der Waals surface area contributed by atoms with Gasteiger partial charge >= 0.3 is 5.97 Å². The number of aryl methyl sites for hydroxylation is 1. The summed E-state index contributed by atoms with van der Waals surface area (Å²) in [6, 6.07) is 5.87. The molecule has 0 bridgehead atoms. The first kappa shape index (κ1) is 19.0. The zero-order valence-corrected chi connectivity index (χ0v) is 16.2. The number of aromatic amines is 2. The van der Waals surface area contributed by atoms with Crippen LogP contribution in [0.1, 0.15) is 44.1 Å². The van der Waals surface area contributed by atoms with Crippen LogP contribution in [0.15, 0.2) is 36.2 Å². The van der Waals surface area contributed by atoms with Gasteiger partial charge in [-0.25, -0.2) is 9.37 Å². The normalized spacial score (nSPS) is 14.0. The maximum Gasteiger partial charge on any atom is 0.305 e. The summed E-state index contributed by atoms with van der Waals surface area (Å²) in [7, 11) is 0. The molecule has 1 aromatic carbocycles. The van der Waals surface area contributed by atoms with Gasteiger partial charge in [0.2, 0.25) is 0 Å². The number of rotatable bonds is 7. The molecule has 0 saturated heterocycles. The van der Waals surface area contributed by atoms with E-state index in [9.17, 15) is 9.18 Å². The van der Waals surface area contributed by atoms with E-state index in [2.05, 4.69) is 25.4 Å². The van der Waals surface area contributed by atoms with E-state index in [1.807, 2.05) is 18.2 Å². The number of aromatic nitrogens is 5. The van der Waals surface area contributed by atoms with Gasteiger partial charge in [0.05, 0.1) is 17.8 Å². The highest BCUT2D eigenvalue weighted by molar-refractivity contribution is 5.93. The number of halogens is 1. The number of nitrogens with one attached hydrogen (secondary N) is 2. The summed E-state index contributed by atoms with van der Waals surface area (Å²) in [6.07, 6.45) is 5.94. The van der Waals surface area contributed by atoms with Crippen LogP contribution in [0.3, 0.4) is 0 Å². The summed E-state index contributed by atoms with van der Waals surface area (Å²) in [6.45, 7) is 2.19. The summed E-state index contributed by atoms with van der Waals surface area (Å²) in [5.41, 5.74) is 3.61. The molecule has 0 atom stereocenters. The zero-order chi connectivity index (χ0) is 20.2. The molecule has 2 heterocycles. The molecule has 0 unspecified atom stereocenters. The lowest BCUT2D eigenvalue weighted by atomic mass is 9.98. The molecule has 1 aliphatic rings. The highest BCUT2D eigenvalue weighted by Gasteiger charge is 2.16. The summed E-state index contributed by atoms with van der Waals surface area (Å²) in [5.74, 6) is 1.02. The van der Waals surface area contributed by atoms with Crippen molar-refractivity contribution in [2.75, 3.05) is 6.61 Å². The lowest BCUT2D eigenvalue weighted by Gasteiger charge is -2.08. The smallest absolute Gasteiger partial charge is 0.305 e. The van der Waals surface area contributed by atoms with Crippen molar-refractivity contribution in [3.63, 3.8) is 0 Å². The fraction of sp³-hybridized carbons (Fsp3) is 0.333. The van der Waals surface area contributed by atoms with Gasteiger partial charge in [-0.1, -0.05) is 6.08 Å². The highest BCUT2D eigenvalue weighted by Crippen LogP contribution is 2.32. The quantitative estimate of drug-likeness (QED) is 0.583. The Hall–Kier alpha value is -3.29. The second-order valence-corrected chi connectivity index (χ2v) is 6.90. The van der Waals surface area contributed by atoms with Gasteiger partial charge in [0.25, 0.3) is 0 Å². The topological polar surface area (TPSA) is 96.6 Å². The van der Waals surface area contributed by atoms with Crippen LogP contribution in [-0.2, 0) is 16.0 Å². The number of ether oxygens (including phenoxy) is 1. The van der Waals surface area contributed by atoms with Gasteiger partial charge in [0.1, 0.15) is 11.7 Å². The lowest BCUT2D eigenvalue weighted by molar-refractivity contribution is -0.143. The first-order valence-electron chi connectivity index (χ1n) is 9.75. The van der Waals surface area contributed by atoms with Gasteiger partial charge in [0, 0.05) is 30.2 Å². The number of allylic oxidation sites excluding steroid dienone is 4. The van der Waals surface area contributed by atoms with Crippen molar-refractivity contribution in [2.45, 2.75) is 39.0 Å². The summed E-state index contributed by atoms with van der Waals surface area (Å²) < 4.78 is 18.2. The molecule has 0 aliphatic heterocycles. The van der Waals surface area contributed by atoms with Gasteiger partial charge in [-0.3, -0.25) is 15.0 Å². The first-order chi connectivity index (χ1) is 14.1. The van der Waals surface area contributed by atoms with Gasteiger partial charge in [-0.05, 0) is 49.6 Å². The molecule has 0 spiro atoms. The number of nitrogens with zero attached hydrogens (tertiary/aromatic N) is 3. The SMILES string of the molecule is CCOC(=O)CCCc1nc(-c2ccc3[nH]nc(C4=CC=C(F)CC4)c3c2)n[nH]1. The largest absolute Gasteiger partial charge is 0.466 e. The third-order valence-electron chi connectivity index (χ3n) is 4.86. The Balaban J connectivity index is 1.52. The van der Waals surface area contributed by atoms with Crippen molar-refractivity contribution in [1.29, 1.82) is 0 Å². The van der Waals surface area contributed by atoms with Crippen molar-refractivity contribution in [3.8, 4) is 11.4 Å². The van der Waals surface area contributed by atoms with E-state index in [0.717, 1.165) is 33.6 Å². The first-order valence-corrected chi connectivity index (χ1v) is 9.75. The monoisotopic (exact) mass is 395 g/mol. The van der Waals surface area contributed by atoms with Crippen LogP contribution in [0.25, 0.3) is 27.9 Å². The molecule has 7 nitrogen and oxygen atoms in total. The second kappa shape index (κ2) is 8.38. The molecule has 2 aromatic heterocycles. The fourth-order valence-electron chi connectivity index (χ4n) is 3.38. The Morgan fingerprint density at radius 2 is 2.10 bits per heavy atom. The predicted molar refractivity (Wildman–Crippen MR) is 107 cm³/mol. The average Bonchev–Trinajstić information content (AvgIpc) is 3.35. The highest BCUT2D eigenvalue weighted by atomic mass is 19.1. The van der Waals surface area contributed by atoms with Gasteiger partial charge < -0.3 is 4.74 Å². The number of fused-ring (bicyclic) bond motifs is 1. The minimum Gasteiger partial charge on any atom is -0.466 e. The molecular formula is C21H22FN5O2. The van der Waals surface area contributed by atoms with E-state index in [-0.39, 0.29) is 11.8 Å².